The molecule has 0 aliphatic carbocycles. The number of aromatic nitrogens is 1. The third-order valence-electron chi connectivity index (χ3n) is 6.31. The Hall–Kier alpha value is -3.50. The lowest BCUT2D eigenvalue weighted by molar-refractivity contribution is -0.121. The summed E-state index contributed by atoms with van der Waals surface area (Å²) in [7, 11) is 3.17. The number of carbonyl (C=O) groups excluding carboxylic acids is 3. The number of methoxy groups -OCH3 is 2. The molecule has 36 heavy (non-hydrogen) atoms. The fourth-order valence-corrected chi connectivity index (χ4v) is 5.35. The number of hydrogen-bond acceptors (Lipinski definition) is 8. The lowest BCUT2D eigenvalue weighted by atomic mass is 10.1. The molecule has 0 atom stereocenters. The Balaban J connectivity index is 1.75. The molecule has 0 spiro atoms. The van der Waals surface area contributed by atoms with E-state index in [2.05, 4.69) is 18.7 Å². The van der Waals surface area contributed by atoms with Crippen molar-refractivity contribution in [3.05, 3.63) is 42.0 Å². The Bertz CT molecular complexity index is 1230. The van der Waals surface area contributed by atoms with Crippen LogP contribution in [0.1, 0.15) is 37.0 Å². The second-order valence-electron chi connectivity index (χ2n) is 8.30. The average molecular weight is 511 g/mol. The molecule has 3 aromatic rings. The first-order chi connectivity index (χ1) is 17.4. The van der Waals surface area contributed by atoms with Gasteiger partial charge in [-0.1, -0.05) is 31.3 Å². The number of carbonyl (C=O) groups is 3. The summed E-state index contributed by atoms with van der Waals surface area (Å²) >= 11 is 1.36. The largest absolute Gasteiger partial charge is 0.495 e. The van der Waals surface area contributed by atoms with Gasteiger partial charge in [0.25, 0.3) is 5.91 Å². The van der Waals surface area contributed by atoms with E-state index in [1.54, 1.807) is 49.5 Å². The van der Waals surface area contributed by atoms with Crippen LogP contribution < -0.4 is 19.3 Å². The first-order valence-corrected chi connectivity index (χ1v) is 12.7. The lowest BCUT2D eigenvalue weighted by Crippen LogP contribution is -2.39. The number of anilines is 2. The van der Waals surface area contributed by atoms with Gasteiger partial charge >= 0.3 is 0 Å². The van der Waals surface area contributed by atoms with Crippen molar-refractivity contribution in [3.8, 4) is 11.5 Å². The van der Waals surface area contributed by atoms with Crippen LogP contribution >= 0.6 is 11.3 Å². The van der Waals surface area contributed by atoms with E-state index in [4.69, 9.17) is 14.5 Å². The van der Waals surface area contributed by atoms with Crippen LogP contribution in [0.25, 0.3) is 10.2 Å². The molecular formula is C26H30N4O5S. The van der Waals surface area contributed by atoms with Crippen molar-refractivity contribution in [2.24, 2.45) is 0 Å². The monoisotopic (exact) mass is 510 g/mol. The maximum absolute atomic E-state index is 13.9. The van der Waals surface area contributed by atoms with E-state index in [9.17, 15) is 14.4 Å². The number of ether oxygens (including phenoxy) is 2. The standard InChI is InChI=1S/C26H30N4O5S/c1-5-28(6-2)14-15-29(26-27-23-19(34-3)10-11-20(35-4)24(23)36-26)25(33)17-8-7-9-18(16-17)30-21(31)12-13-22(30)32/h7-11,16H,5-6,12-15H2,1-4H3. The molecule has 0 N–H and O–H groups in total. The molecule has 1 aliphatic rings. The maximum Gasteiger partial charge on any atom is 0.260 e. The Morgan fingerprint density at radius 2 is 1.67 bits per heavy atom. The van der Waals surface area contributed by atoms with E-state index in [0.717, 1.165) is 22.7 Å². The van der Waals surface area contributed by atoms with E-state index < -0.39 is 0 Å². The predicted molar refractivity (Wildman–Crippen MR) is 140 cm³/mol. The predicted octanol–water partition coefficient (Wildman–Crippen LogP) is 3.96. The molecule has 4 rings (SSSR count). The van der Waals surface area contributed by atoms with Gasteiger partial charge < -0.3 is 14.4 Å². The molecule has 1 saturated heterocycles. The summed E-state index contributed by atoms with van der Waals surface area (Å²) < 4.78 is 11.8. The number of rotatable bonds is 10. The molecule has 0 saturated carbocycles. The minimum Gasteiger partial charge on any atom is -0.495 e. The van der Waals surface area contributed by atoms with E-state index in [1.807, 2.05) is 6.07 Å². The topological polar surface area (TPSA) is 92.3 Å². The smallest absolute Gasteiger partial charge is 0.260 e. The number of thiazole rings is 1. The van der Waals surface area contributed by atoms with Crippen LogP contribution in [0.4, 0.5) is 10.8 Å². The quantitative estimate of drug-likeness (QED) is 0.381. The van der Waals surface area contributed by atoms with Gasteiger partial charge in [-0.05, 0) is 43.4 Å². The van der Waals surface area contributed by atoms with Crippen molar-refractivity contribution in [2.75, 3.05) is 50.2 Å². The highest BCUT2D eigenvalue weighted by Gasteiger charge is 2.31. The number of nitrogens with zero attached hydrogens (tertiary/aromatic N) is 4. The van der Waals surface area contributed by atoms with Gasteiger partial charge in [0.05, 0.1) is 19.9 Å². The fraction of sp³-hybridized carbons (Fsp3) is 0.385. The van der Waals surface area contributed by atoms with Crippen LogP contribution in [0.2, 0.25) is 0 Å². The lowest BCUT2D eigenvalue weighted by Gasteiger charge is -2.25. The van der Waals surface area contributed by atoms with Crippen molar-refractivity contribution in [1.29, 1.82) is 0 Å². The molecule has 0 radical (unpaired) electrons. The Morgan fingerprint density at radius 3 is 2.31 bits per heavy atom. The van der Waals surface area contributed by atoms with E-state index in [-0.39, 0.29) is 30.6 Å². The Kier molecular flexibility index (Phi) is 7.85. The molecule has 1 aliphatic heterocycles. The van der Waals surface area contributed by atoms with Crippen LogP contribution in [-0.2, 0) is 9.59 Å². The molecule has 190 valence electrons. The zero-order valence-corrected chi connectivity index (χ0v) is 21.8. The molecule has 1 aromatic heterocycles. The number of amides is 3. The fourth-order valence-electron chi connectivity index (χ4n) is 4.25. The zero-order valence-electron chi connectivity index (χ0n) is 20.9. The maximum atomic E-state index is 13.9. The number of imide groups is 1. The van der Waals surface area contributed by atoms with Crippen molar-refractivity contribution in [2.45, 2.75) is 26.7 Å². The number of benzene rings is 2. The van der Waals surface area contributed by atoms with E-state index in [1.165, 1.54) is 11.3 Å². The van der Waals surface area contributed by atoms with Gasteiger partial charge in [0.2, 0.25) is 11.8 Å². The average Bonchev–Trinajstić information content (AvgIpc) is 3.49. The molecule has 0 bridgehead atoms. The SMILES string of the molecule is CCN(CC)CCN(C(=O)c1cccc(N2C(=O)CCC2=O)c1)c1nc2c(OC)ccc(OC)c2s1. The molecular weight excluding hydrogens is 480 g/mol. The van der Waals surface area contributed by atoms with Crippen LogP contribution in [0.3, 0.4) is 0 Å². The minimum atomic E-state index is -0.264. The first kappa shape index (κ1) is 25.6. The molecule has 9 nitrogen and oxygen atoms in total. The summed E-state index contributed by atoms with van der Waals surface area (Å²) in [6.07, 6.45) is 0.366. The van der Waals surface area contributed by atoms with Crippen molar-refractivity contribution in [3.63, 3.8) is 0 Å². The second-order valence-corrected chi connectivity index (χ2v) is 9.28. The van der Waals surface area contributed by atoms with E-state index >= 15 is 0 Å². The normalized spacial score (nSPS) is 13.6. The van der Waals surface area contributed by atoms with E-state index in [0.29, 0.717) is 46.5 Å². The third kappa shape index (κ3) is 4.91. The zero-order chi connectivity index (χ0) is 25.8. The summed E-state index contributed by atoms with van der Waals surface area (Å²) in [5, 5.41) is 0.517. The van der Waals surface area contributed by atoms with Gasteiger partial charge in [0, 0.05) is 31.5 Å². The summed E-state index contributed by atoms with van der Waals surface area (Å²) in [6, 6.07) is 10.3. The van der Waals surface area contributed by atoms with Gasteiger partial charge in [-0.15, -0.1) is 0 Å². The second kappa shape index (κ2) is 11.0. The first-order valence-electron chi connectivity index (χ1n) is 11.9. The highest BCUT2D eigenvalue weighted by molar-refractivity contribution is 7.22. The summed E-state index contributed by atoms with van der Waals surface area (Å²) in [6.45, 7) is 6.94. The van der Waals surface area contributed by atoms with Crippen molar-refractivity contribution in [1.82, 2.24) is 9.88 Å². The number of hydrogen-bond donors (Lipinski definition) is 0. The molecule has 3 amide bonds. The Labute approximate surface area is 214 Å². The number of likely N-dealkylation sites (N-methyl/N-ethyl adjacent to an activating group) is 1. The third-order valence-corrected chi connectivity index (χ3v) is 7.41. The molecule has 10 heteroatoms. The van der Waals surface area contributed by atoms with Crippen LogP contribution in [0, 0.1) is 0 Å². The summed E-state index contributed by atoms with van der Waals surface area (Å²) in [5.74, 6) is 0.470. The van der Waals surface area contributed by atoms with Gasteiger partial charge in [0.15, 0.2) is 5.13 Å². The number of fused-ring (bicyclic) bond motifs is 1. The van der Waals surface area contributed by atoms with Crippen LogP contribution in [0.5, 0.6) is 11.5 Å². The highest BCUT2D eigenvalue weighted by Crippen LogP contribution is 2.40. The molecule has 2 heterocycles. The summed E-state index contributed by atoms with van der Waals surface area (Å²) in [4.78, 5) is 48.2. The van der Waals surface area contributed by atoms with Gasteiger partial charge in [-0.25, -0.2) is 4.98 Å². The minimum absolute atomic E-state index is 0.183. The Morgan fingerprint density at radius 1 is 1.00 bits per heavy atom. The van der Waals surface area contributed by atoms with Crippen molar-refractivity contribution < 1.29 is 23.9 Å². The van der Waals surface area contributed by atoms with Gasteiger partial charge in [-0.3, -0.25) is 24.2 Å². The van der Waals surface area contributed by atoms with Crippen molar-refractivity contribution >= 4 is 50.1 Å². The van der Waals surface area contributed by atoms with Gasteiger partial charge in [0.1, 0.15) is 21.7 Å². The molecule has 1 fully saturated rings. The molecule has 0 unspecified atom stereocenters. The van der Waals surface area contributed by atoms with Crippen LogP contribution in [-0.4, -0.2) is 68.0 Å². The van der Waals surface area contributed by atoms with Crippen LogP contribution in [0.15, 0.2) is 36.4 Å². The molecule has 2 aromatic carbocycles. The summed E-state index contributed by atoms with van der Waals surface area (Å²) in [5.41, 5.74) is 1.40. The highest BCUT2D eigenvalue weighted by atomic mass is 32.1. The van der Waals surface area contributed by atoms with Gasteiger partial charge in [-0.2, -0.15) is 0 Å².